The lowest BCUT2D eigenvalue weighted by Crippen LogP contribution is -2.11. The summed E-state index contributed by atoms with van der Waals surface area (Å²) in [4.78, 5) is 0. The Morgan fingerprint density at radius 2 is 1.85 bits per heavy atom. The van der Waals surface area contributed by atoms with E-state index < -0.39 is 12.1 Å². The van der Waals surface area contributed by atoms with Crippen molar-refractivity contribution in [3.05, 3.63) is 36.1 Å². The lowest BCUT2D eigenvalue weighted by Gasteiger charge is -2.07. The van der Waals surface area contributed by atoms with Crippen LogP contribution in [0.4, 0.5) is 13.2 Å². The van der Waals surface area contributed by atoms with Crippen molar-refractivity contribution in [3.63, 3.8) is 0 Å². The third-order valence-corrected chi connectivity index (χ3v) is 0.958. The van der Waals surface area contributed by atoms with Crippen LogP contribution in [0, 0.1) is 0 Å². The molecule has 0 aromatic rings. The van der Waals surface area contributed by atoms with Crippen LogP contribution in [0.25, 0.3) is 0 Å². The number of hydrogen-bond donors (Lipinski definition) is 0. The van der Waals surface area contributed by atoms with Crippen LogP contribution in [-0.2, 0) is 4.74 Å². The average Bonchev–Trinajstić information content (AvgIpc) is 1.81. The monoisotopic (exact) mass is 192 g/mol. The topological polar surface area (TPSA) is 9.23 Å². The van der Waals surface area contributed by atoms with Gasteiger partial charge in [0.1, 0.15) is 5.76 Å². The first-order valence-electron chi connectivity index (χ1n) is 3.57. The van der Waals surface area contributed by atoms with E-state index in [-0.39, 0.29) is 0 Å². The molecule has 0 saturated heterocycles. The number of rotatable bonds is 3. The second kappa shape index (κ2) is 4.74. The van der Waals surface area contributed by atoms with Gasteiger partial charge >= 0.3 is 6.36 Å². The van der Waals surface area contributed by atoms with E-state index in [9.17, 15) is 13.2 Å². The molecule has 0 spiro atoms. The summed E-state index contributed by atoms with van der Waals surface area (Å²) in [6.45, 7) is 6.74. The Hall–Kier alpha value is -1.19. The van der Waals surface area contributed by atoms with Gasteiger partial charge in [-0.3, -0.25) is 0 Å². The molecular formula is C9H11F3O. The Bertz CT molecular complexity index is 232. The zero-order chi connectivity index (χ0) is 10.5. The van der Waals surface area contributed by atoms with Crippen molar-refractivity contribution in [3.8, 4) is 0 Å². The Kier molecular flexibility index (Phi) is 4.31. The van der Waals surface area contributed by atoms with Crippen molar-refractivity contribution in [2.24, 2.45) is 0 Å². The fourth-order valence-electron chi connectivity index (χ4n) is 0.531. The molecule has 0 radical (unpaired) electrons. The molecule has 0 fully saturated rings. The maximum atomic E-state index is 11.6. The predicted molar refractivity (Wildman–Crippen MR) is 44.9 cm³/mol. The summed E-state index contributed by atoms with van der Waals surface area (Å²) >= 11 is 0. The van der Waals surface area contributed by atoms with Gasteiger partial charge in [0, 0.05) is 0 Å². The van der Waals surface area contributed by atoms with E-state index >= 15 is 0 Å². The first-order valence-corrected chi connectivity index (χ1v) is 3.57. The summed E-state index contributed by atoms with van der Waals surface area (Å²) < 4.78 is 38.2. The molecule has 0 bridgehead atoms. The number of hydrogen-bond acceptors (Lipinski definition) is 1. The molecule has 74 valence electrons. The van der Waals surface area contributed by atoms with E-state index in [1.54, 1.807) is 6.08 Å². The minimum Gasteiger partial charge on any atom is -0.406 e. The van der Waals surface area contributed by atoms with E-state index in [4.69, 9.17) is 0 Å². The number of ether oxygens (including phenoxy) is 1. The second-order valence-electron chi connectivity index (χ2n) is 2.62. The van der Waals surface area contributed by atoms with Crippen LogP contribution in [0.2, 0.25) is 0 Å². The summed E-state index contributed by atoms with van der Waals surface area (Å²) in [5, 5.41) is 0. The molecular weight excluding hydrogens is 181 g/mol. The molecule has 4 heteroatoms. The van der Waals surface area contributed by atoms with Crippen LogP contribution >= 0.6 is 0 Å². The number of halogens is 3. The van der Waals surface area contributed by atoms with Crippen molar-refractivity contribution in [2.75, 3.05) is 0 Å². The molecule has 0 aliphatic carbocycles. The zero-order valence-corrected chi connectivity index (χ0v) is 7.48. The van der Waals surface area contributed by atoms with E-state index in [1.807, 2.05) is 13.8 Å². The van der Waals surface area contributed by atoms with Crippen LogP contribution in [0.15, 0.2) is 36.1 Å². The zero-order valence-electron chi connectivity index (χ0n) is 7.48. The molecule has 0 unspecified atom stereocenters. The van der Waals surface area contributed by atoms with Gasteiger partial charge in [-0.05, 0) is 19.9 Å². The van der Waals surface area contributed by atoms with E-state index in [1.165, 1.54) is 6.08 Å². The molecule has 0 atom stereocenters. The maximum absolute atomic E-state index is 11.6. The fraction of sp³-hybridized carbons (Fsp3) is 0.333. The standard InChI is InChI=1S/C9H11F3O/c1-7(2)5-4-6-8(3)13-9(10,11)12/h4-6H,3H2,1-2H3/b6-4-. The minimum atomic E-state index is -4.66. The van der Waals surface area contributed by atoms with Crippen molar-refractivity contribution >= 4 is 0 Å². The van der Waals surface area contributed by atoms with Gasteiger partial charge in [-0.1, -0.05) is 24.3 Å². The predicted octanol–water partition coefficient (Wildman–Crippen LogP) is 3.56. The molecule has 0 N–H and O–H groups in total. The van der Waals surface area contributed by atoms with E-state index in [0.717, 1.165) is 11.6 Å². The molecule has 1 nitrogen and oxygen atoms in total. The highest BCUT2D eigenvalue weighted by atomic mass is 19.4. The van der Waals surface area contributed by atoms with Crippen molar-refractivity contribution in [2.45, 2.75) is 20.2 Å². The van der Waals surface area contributed by atoms with Gasteiger partial charge in [-0.2, -0.15) is 0 Å². The van der Waals surface area contributed by atoms with Gasteiger partial charge in [0.05, 0.1) is 0 Å². The maximum Gasteiger partial charge on any atom is 0.573 e. The van der Waals surface area contributed by atoms with Crippen LogP contribution < -0.4 is 0 Å². The fourth-order valence-corrected chi connectivity index (χ4v) is 0.531. The molecule has 0 aromatic carbocycles. The van der Waals surface area contributed by atoms with Gasteiger partial charge in [-0.25, -0.2) is 0 Å². The normalized spacial score (nSPS) is 11.5. The van der Waals surface area contributed by atoms with E-state index in [0.29, 0.717) is 0 Å². The summed E-state index contributed by atoms with van der Waals surface area (Å²) in [6, 6.07) is 0. The molecule has 0 rings (SSSR count). The van der Waals surface area contributed by atoms with Gasteiger partial charge in [-0.15, -0.1) is 13.2 Å². The van der Waals surface area contributed by atoms with Crippen molar-refractivity contribution in [1.29, 1.82) is 0 Å². The van der Waals surface area contributed by atoms with Crippen LogP contribution in [-0.4, -0.2) is 6.36 Å². The Balaban J connectivity index is 4.03. The summed E-state index contributed by atoms with van der Waals surface area (Å²) in [7, 11) is 0. The number of allylic oxidation sites excluding steroid dienone is 4. The molecule has 0 saturated carbocycles. The highest BCUT2D eigenvalue weighted by Crippen LogP contribution is 2.20. The average molecular weight is 192 g/mol. The molecule has 0 aliphatic heterocycles. The van der Waals surface area contributed by atoms with Gasteiger partial charge < -0.3 is 4.74 Å². The summed E-state index contributed by atoms with van der Waals surface area (Å²) in [6.07, 6.45) is -0.402. The lowest BCUT2D eigenvalue weighted by molar-refractivity contribution is -0.303. The number of alkyl halides is 3. The second-order valence-corrected chi connectivity index (χ2v) is 2.62. The van der Waals surface area contributed by atoms with Gasteiger partial charge in [0.25, 0.3) is 0 Å². The third kappa shape index (κ3) is 8.72. The van der Waals surface area contributed by atoms with Crippen LogP contribution in [0.1, 0.15) is 13.8 Å². The first-order chi connectivity index (χ1) is 5.81. The molecule has 13 heavy (non-hydrogen) atoms. The quantitative estimate of drug-likeness (QED) is 0.490. The SMILES string of the molecule is C=C(/C=C\C=C(C)C)OC(F)(F)F. The lowest BCUT2D eigenvalue weighted by atomic mass is 10.3. The van der Waals surface area contributed by atoms with Gasteiger partial charge in [0.15, 0.2) is 0 Å². The highest BCUT2D eigenvalue weighted by Gasteiger charge is 2.30. The van der Waals surface area contributed by atoms with Gasteiger partial charge in [0.2, 0.25) is 0 Å². The van der Waals surface area contributed by atoms with Crippen LogP contribution in [0.3, 0.4) is 0 Å². The Labute approximate surface area is 75.2 Å². The summed E-state index contributed by atoms with van der Waals surface area (Å²) in [5.41, 5.74) is 0.982. The third-order valence-electron chi connectivity index (χ3n) is 0.958. The van der Waals surface area contributed by atoms with Crippen molar-refractivity contribution in [1.82, 2.24) is 0 Å². The Morgan fingerprint density at radius 3 is 2.23 bits per heavy atom. The Morgan fingerprint density at radius 1 is 1.31 bits per heavy atom. The van der Waals surface area contributed by atoms with Crippen LogP contribution in [0.5, 0.6) is 0 Å². The minimum absolute atomic E-state index is 0.426. The molecule has 0 aromatic heterocycles. The molecule has 0 heterocycles. The van der Waals surface area contributed by atoms with Crippen molar-refractivity contribution < 1.29 is 17.9 Å². The molecule has 0 aliphatic rings. The molecule has 0 amide bonds. The first kappa shape index (κ1) is 11.8. The summed E-state index contributed by atoms with van der Waals surface area (Å²) in [5.74, 6) is -0.426. The largest absolute Gasteiger partial charge is 0.573 e. The smallest absolute Gasteiger partial charge is 0.406 e. The highest BCUT2D eigenvalue weighted by molar-refractivity contribution is 5.16. The van der Waals surface area contributed by atoms with E-state index in [2.05, 4.69) is 11.3 Å².